The highest BCUT2D eigenvalue weighted by atomic mass is 79.9. The first-order chi connectivity index (χ1) is 10.6. The first kappa shape index (κ1) is 17.0. The van der Waals surface area contributed by atoms with E-state index in [2.05, 4.69) is 21.2 Å². The number of nitrogens with one attached hydrogen (secondary N) is 1. The minimum atomic E-state index is -0.789. The third-order valence-corrected chi connectivity index (χ3v) is 4.73. The van der Waals surface area contributed by atoms with Gasteiger partial charge in [0.25, 0.3) is 5.91 Å². The van der Waals surface area contributed by atoms with Crippen LogP contribution < -0.4 is 5.32 Å². The van der Waals surface area contributed by atoms with E-state index in [1.807, 2.05) is 6.07 Å². The fraction of sp³-hybridized carbons (Fsp3) is 0.529. The summed E-state index contributed by atoms with van der Waals surface area (Å²) in [5.74, 6) is -0.164. The van der Waals surface area contributed by atoms with E-state index in [-0.39, 0.29) is 5.91 Å². The Bertz CT molecular complexity index is 526. The highest BCUT2D eigenvalue weighted by Gasteiger charge is 2.21. The molecule has 1 aromatic carbocycles. The SMILES string of the molecule is CC(OC(=O)c1ccccc1Br)C(=O)NCC1CCCCC1. The number of carbonyl (C=O) groups excluding carboxylic acids is 2. The van der Waals surface area contributed by atoms with Crippen molar-refractivity contribution in [3.63, 3.8) is 0 Å². The number of esters is 1. The van der Waals surface area contributed by atoms with Gasteiger partial charge in [-0.1, -0.05) is 31.4 Å². The standard InChI is InChI=1S/C17H22BrNO3/c1-12(16(20)19-11-13-7-3-2-4-8-13)22-17(21)14-9-5-6-10-15(14)18/h5-6,9-10,12-13H,2-4,7-8,11H2,1H3,(H,19,20). The van der Waals surface area contributed by atoms with Gasteiger partial charge in [0.05, 0.1) is 5.56 Å². The summed E-state index contributed by atoms with van der Waals surface area (Å²) in [6.07, 6.45) is 5.34. The van der Waals surface area contributed by atoms with Gasteiger partial charge in [-0.2, -0.15) is 0 Å². The highest BCUT2D eigenvalue weighted by Crippen LogP contribution is 2.22. The van der Waals surface area contributed by atoms with E-state index >= 15 is 0 Å². The number of benzene rings is 1. The average molecular weight is 368 g/mol. The summed E-state index contributed by atoms with van der Waals surface area (Å²) in [5, 5.41) is 2.90. The molecule has 1 atom stereocenters. The summed E-state index contributed by atoms with van der Waals surface area (Å²) >= 11 is 3.31. The van der Waals surface area contributed by atoms with Crippen molar-refractivity contribution in [2.24, 2.45) is 5.92 Å². The molecular weight excluding hydrogens is 346 g/mol. The Kier molecular flexibility index (Phi) is 6.43. The Morgan fingerprint density at radius 3 is 2.64 bits per heavy atom. The fourth-order valence-corrected chi connectivity index (χ4v) is 3.13. The van der Waals surface area contributed by atoms with Gasteiger partial charge in [-0.25, -0.2) is 4.79 Å². The van der Waals surface area contributed by atoms with E-state index in [1.165, 1.54) is 32.1 Å². The first-order valence-electron chi connectivity index (χ1n) is 7.81. The topological polar surface area (TPSA) is 55.4 Å². The molecule has 0 aliphatic heterocycles. The van der Waals surface area contributed by atoms with Gasteiger partial charge in [-0.05, 0) is 53.7 Å². The second kappa shape index (κ2) is 8.32. The van der Waals surface area contributed by atoms with E-state index < -0.39 is 12.1 Å². The molecule has 0 saturated heterocycles. The molecule has 1 N–H and O–H groups in total. The quantitative estimate of drug-likeness (QED) is 0.807. The molecule has 1 unspecified atom stereocenters. The van der Waals surface area contributed by atoms with E-state index in [0.29, 0.717) is 22.5 Å². The van der Waals surface area contributed by atoms with Crippen molar-refractivity contribution in [2.75, 3.05) is 6.54 Å². The third kappa shape index (κ3) is 4.83. The van der Waals surface area contributed by atoms with E-state index in [9.17, 15) is 9.59 Å². The summed E-state index contributed by atoms with van der Waals surface area (Å²) in [6, 6.07) is 7.01. The van der Waals surface area contributed by atoms with Crippen LogP contribution in [0.5, 0.6) is 0 Å². The molecule has 2 rings (SSSR count). The molecule has 1 fully saturated rings. The monoisotopic (exact) mass is 367 g/mol. The van der Waals surface area contributed by atoms with Crippen LogP contribution in [0, 0.1) is 5.92 Å². The molecule has 5 heteroatoms. The Hall–Kier alpha value is -1.36. The maximum atomic E-state index is 12.1. The molecule has 1 amide bonds. The molecule has 1 saturated carbocycles. The molecule has 120 valence electrons. The molecule has 0 radical (unpaired) electrons. The Morgan fingerprint density at radius 1 is 1.27 bits per heavy atom. The van der Waals surface area contributed by atoms with Gasteiger partial charge in [-0.15, -0.1) is 0 Å². The fourth-order valence-electron chi connectivity index (χ4n) is 2.68. The zero-order valence-corrected chi connectivity index (χ0v) is 14.4. The summed E-state index contributed by atoms with van der Waals surface area (Å²) in [4.78, 5) is 24.1. The molecule has 0 heterocycles. The molecule has 0 spiro atoms. The molecule has 1 aromatic rings. The number of carbonyl (C=O) groups is 2. The zero-order valence-electron chi connectivity index (χ0n) is 12.8. The lowest BCUT2D eigenvalue weighted by molar-refractivity contribution is -0.129. The summed E-state index contributed by atoms with van der Waals surface area (Å²) in [5.41, 5.74) is 0.425. The highest BCUT2D eigenvalue weighted by molar-refractivity contribution is 9.10. The second-order valence-corrected chi connectivity index (χ2v) is 6.63. The zero-order chi connectivity index (χ0) is 15.9. The van der Waals surface area contributed by atoms with Crippen LogP contribution >= 0.6 is 15.9 Å². The number of amides is 1. The van der Waals surface area contributed by atoms with Crippen LogP contribution in [-0.4, -0.2) is 24.5 Å². The predicted octanol–water partition coefficient (Wildman–Crippen LogP) is 3.69. The molecule has 0 aromatic heterocycles. The molecule has 4 nitrogen and oxygen atoms in total. The summed E-state index contributed by atoms with van der Waals surface area (Å²) < 4.78 is 5.90. The number of halogens is 1. The maximum Gasteiger partial charge on any atom is 0.340 e. The second-order valence-electron chi connectivity index (χ2n) is 5.78. The van der Waals surface area contributed by atoms with Crippen molar-refractivity contribution in [1.29, 1.82) is 0 Å². The number of hydrogen-bond acceptors (Lipinski definition) is 3. The van der Waals surface area contributed by atoms with Crippen LogP contribution in [0.15, 0.2) is 28.7 Å². The Labute approximate surface area is 139 Å². The van der Waals surface area contributed by atoms with Gasteiger partial charge in [0, 0.05) is 11.0 Å². The molecule has 1 aliphatic carbocycles. The van der Waals surface area contributed by atoms with Crippen LogP contribution in [0.3, 0.4) is 0 Å². The number of ether oxygens (including phenoxy) is 1. The lowest BCUT2D eigenvalue weighted by atomic mass is 9.89. The van der Waals surface area contributed by atoms with Gasteiger partial charge in [0.15, 0.2) is 6.10 Å². The van der Waals surface area contributed by atoms with Crippen molar-refractivity contribution < 1.29 is 14.3 Å². The van der Waals surface area contributed by atoms with Crippen LogP contribution in [0.1, 0.15) is 49.4 Å². The summed E-state index contributed by atoms with van der Waals surface area (Å²) in [6.45, 7) is 2.28. The van der Waals surface area contributed by atoms with E-state index in [4.69, 9.17) is 4.74 Å². The van der Waals surface area contributed by atoms with Crippen molar-refractivity contribution in [3.05, 3.63) is 34.3 Å². The van der Waals surface area contributed by atoms with Gasteiger partial charge in [0.1, 0.15) is 0 Å². The lowest BCUT2D eigenvalue weighted by Gasteiger charge is -2.22. The first-order valence-corrected chi connectivity index (χ1v) is 8.60. The van der Waals surface area contributed by atoms with Crippen molar-refractivity contribution >= 4 is 27.8 Å². The van der Waals surface area contributed by atoms with Gasteiger partial charge in [0.2, 0.25) is 0 Å². The predicted molar refractivity (Wildman–Crippen MR) is 88.6 cm³/mol. The van der Waals surface area contributed by atoms with Crippen molar-refractivity contribution in [3.8, 4) is 0 Å². The van der Waals surface area contributed by atoms with E-state index in [0.717, 1.165) is 0 Å². The minimum absolute atomic E-state index is 0.231. The molecule has 0 bridgehead atoms. The van der Waals surface area contributed by atoms with Crippen LogP contribution in [0.25, 0.3) is 0 Å². The smallest absolute Gasteiger partial charge is 0.340 e. The van der Waals surface area contributed by atoms with Gasteiger partial charge >= 0.3 is 5.97 Å². The van der Waals surface area contributed by atoms with Crippen LogP contribution in [-0.2, 0) is 9.53 Å². The lowest BCUT2D eigenvalue weighted by Crippen LogP contribution is -2.38. The van der Waals surface area contributed by atoms with E-state index in [1.54, 1.807) is 25.1 Å². The van der Waals surface area contributed by atoms with Gasteiger partial charge < -0.3 is 10.1 Å². The minimum Gasteiger partial charge on any atom is -0.449 e. The van der Waals surface area contributed by atoms with Crippen molar-refractivity contribution in [2.45, 2.75) is 45.1 Å². The average Bonchev–Trinajstić information content (AvgIpc) is 2.53. The number of hydrogen-bond donors (Lipinski definition) is 1. The summed E-state index contributed by atoms with van der Waals surface area (Å²) in [7, 11) is 0. The largest absolute Gasteiger partial charge is 0.449 e. The number of rotatable bonds is 5. The van der Waals surface area contributed by atoms with Crippen LogP contribution in [0.2, 0.25) is 0 Å². The van der Waals surface area contributed by atoms with Crippen LogP contribution in [0.4, 0.5) is 0 Å². The molecular formula is C17H22BrNO3. The van der Waals surface area contributed by atoms with Crippen molar-refractivity contribution in [1.82, 2.24) is 5.32 Å². The molecule has 22 heavy (non-hydrogen) atoms. The normalized spacial score (nSPS) is 16.8. The Balaban J connectivity index is 1.80. The molecule has 1 aliphatic rings. The third-order valence-electron chi connectivity index (χ3n) is 4.04. The van der Waals surface area contributed by atoms with Gasteiger partial charge in [-0.3, -0.25) is 4.79 Å². The maximum absolute atomic E-state index is 12.1. The Morgan fingerprint density at radius 2 is 1.95 bits per heavy atom.